The quantitative estimate of drug-likeness (QED) is 0.510. The Morgan fingerprint density at radius 3 is 2.27 bits per heavy atom. The third-order valence-electron chi connectivity index (χ3n) is 4.74. The molecule has 2 heterocycles. The number of phenols is 1. The van der Waals surface area contributed by atoms with Gasteiger partial charge >= 0.3 is 0 Å². The lowest BCUT2D eigenvalue weighted by Crippen LogP contribution is -2.20. The minimum absolute atomic E-state index is 0.158. The fourth-order valence-corrected chi connectivity index (χ4v) is 3.54. The van der Waals surface area contributed by atoms with Gasteiger partial charge in [0.1, 0.15) is 30.0 Å². The Morgan fingerprint density at radius 2 is 1.70 bits per heavy atom. The Hall–Kier alpha value is -3.05. The molecule has 0 saturated carbocycles. The Morgan fingerprint density at radius 1 is 1.06 bits per heavy atom. The lowest BCUT2D eigenvalue weighted by atomic mass is 10.1. The van der Waals surface area contributed by atoms with Gasteiger partial charge in [-0.05, 0) is 68.4 Å². The van der Waals surface area contributed by atoms with Crippen LogP contribution in [0, 0.1) is 0 Å². The fourth-order valence-electron chi connectivity index (χ4n) is 3.21. The molecule has 4 rings (SSSR count). The van der Waals surface area contributed by atoms with Crippen LogP contribution >= 0.6 is 0 Å². The van der Waals surface area contributed by atoms with E-state index < -0.39 is 22.0 Å². The highest BCUT2D eigenvalue weighted by atomic mass is 32.2. The van der Waals surface area contributed by atoms with E-state index in [1.165, 1.54) is 0 Å². The van der Waals surface area contributed by atoms with Crippen LogP contribution in [0.25, 0.3) is 11.4 Å². The monoisotopic (exact) mass is 472 g/mol. The van der Waals surface area contributed by atoms with Gasteiger partial charge in [0.05, 0.1) is 24.3 Å². The predicted octanol–water partition coefficient (Wildman–Crippen LogP) is 3.94. The molecule has 2 aromatic carbocycles. The minimum atomic E-state index is -3.64. The van der Waals surface area contributed by atoms with Gasteiger partial charge in [-0.2, -0.15) is 8.42 Å². The summed E-state index contributed by atoms with van der Waals surface area (Å²) in [5.74, 6) is 0.983. The number of aromatic nitrogens is 2. The molecule has 9 nitrogen and oxygen atoms in total. The highest BCUT2D eigenvalue weighted by Gasteiger charge is 2.35. The predicted molar refractivity (Wildman–Crippen MR) is 119 cm³/mol. The molecule has 174 valence electrons. The highest BCUT2D eigenvalue weighted by Crippen LogP contribution is 2.33. The van der Waals surface area contributed by atoms with Crippen LogP contribution in [0.15, 0.2) is 54.6 Å². The summed E-state index contributed by atoms with van der Waals surface area (Å²) < 4.78 is 45.2. The van der Waals surface area contributed by atoms with Crippen molar-refractivity contribution in [1.82, 2.24) is 9.97 Å². The second kappa shape index (κ2) is 9.06. The van der Waals surface area contributed by atoms with Gasteiger partial charge in [0.25, 0.3) is 10.1 Å². The van der Waals surface area contributed by atoms with Crippen LogP contribution in [0.1, 0.15) is 31.3 Å². The zero-order valence-corrected chi connectivity index (χ0v) is 19.2. The molecule has 0 spiro atoms. The second-order valence-electron chi connectivity index (χ2n) is 8.01. The van der Waals surface area contributed by atoms with Crippen molar-refractivity contribution >= 4 is 10.1 Å². The van der Waals surface area contributed by atoms with Crippen molar-refractivity contribution in [2.75, 3.05) is 12.9 Å². The molecule has 0 aliphatic carbocycles. The van der Waals surface area contributed by atoms with E-state index in [0.717, 1.165) is 6.26 Å². The first-order valence-electron chi connectivity index (χ1n) is 10.2. The van der Waals surface area contributed by atoms with E-state index in [4.69, 9.17) is 18.4 Å². The number of hydrogen-bond donors (Lipinski definition) is 1. The number of nitrogens with zero attached hydrogens (tertiary/aromatic N) is 2. The number of phenolic OH excluding ortho intramolecular Hbond substituents is 1. The van der Waals surface area contributed by atoms with E-state index >= 15 is 0 Å². The van der Waals surface area contributed by atoms with E-state index in [2.05, 4.69) is 9.97 Å². The normalized spacial score (nSPS) is 17.7. The number of rotatable bonds is 7. The number of ether oxygens (including phenoxy) is 3. The third-order valence-corrected chi connectivity index (χ3v) is 5.29. The summed E-state index contributed by atoms with van der Waals surface area (Å²) >= 11 is 0. The van der Waals surface area contributed by atoms with Gasteiger partial charge in [-0.1, -0.05) is 0 Å². The van der Waals surface area contributed by atoms with Crippen LogP contribution in [0.5, 0.6) is 17.2 Å². The van der Waals surface area contributed by atoms with Crippen molar-refractivity contribution in [3.05, 3.63) is 66.0 Å². The summed E-state index contributed by atoms with van der Waals surface area (Å²) in [6, 6.07) is 15.2. The Labute approximate surface area is 192 Å². The Bertz CT molecular complexity index is 1230. The first-order valence-corrected chi connectivity index (χ1v) is 12.0. The van der Waals surface area contributed by atoms with Gasteiger partial charge in [-0.3, -0.25) is 4.18 Å². The second-order valence-corrected chi connectivity index (χ2v) is 9.66. The molecule has 1 aromatic heterocycles. The molecule has 10 heteroatoms. The summed E-state index contributed by atoms with van der Waals surface area (Å²) in [5.41, 5.74) is 1.67. The van der Waals surface area contributed by atoms with Crippen molar-refractivity contribution in [3.63, 3.8) is 0 Å². The molecule has 1 saturated heterocycles. The lowest BCUT2D eigenvalue weighted by molar-refractivity contribution is -0.139. The Balaban J connectivity index is 1.60. The van der Waals surface area contributed by atoms with E-state index in [0.29, 0.717) is 40.9 Å². The number of hydrogen-bond acceptors (Lipinski definition) is 9. The summed E-state index contributed by atoms with van der Waals surface area (Å²) in [6.45, 7) is 3.72. The third kappa shape index (κ3) is 6.26. The van der Waals surface area contributed by atoms with Gasteiger partial charge in [0.15, 0.2) is 11.6 Å². The Kier molecular flexibility index (Phi) is 6.35. The van der Waals surface area contributed by atoms with Crippen LogP contribution in [-0.4, -0.2) is 42.1 Å². The van der Waals surface area contributed by atoms with Crippen LogP contribution in [0.4, 0.5) is 0 Å². The summed E-state index contributed by atoms with van der Waals surface area (Å²) in [4.78, 5) is 9.10. The van der Waals surface area contributed by atoms with E-state index in [-0.39, 0.29) is 12.4 Å². The standard InChI is InChI=1S/C23H24N2O7S/c1-23(2)29-14-21(32-23)20-12-16(13-30-33(3,27)28)24-22(25-20)15-4-8-18(9-5-15)31-19-10-6-17(26)7-11-19/h4-12,21,26H,13-14H2,1-3H3/t21-/m1/s1. The summed E-state index contributed by atoms with van der Waals surface area (Å²) in [7, 11) is -3.64. The largest absolute Gasteiger partial charge is 0.508 e. The molecule has 3 aromatic rings. The molecule has 0 unspecified atom stereocenters. The molecule has 0 bridgehead atoms. The molecular weight excluding hydrogens is 448 g/mol. The molecule has 0 radical (unpaired) electrons. The average Bonchev–Trinajstić information content (AvgIpc) is 3.13. The maximum absolute atomic E-state index is 11.5. The van der Waals surface area contributed by atoms with Gasteiger partial charge in [-0.25, -0.2) is 9.97 Å². The zero-order valence-electron chi connectivity index (χ0n) is 18.4. The molecule has 33 heavy (non-hydrogen) atoms. The van der Waals surface area contributed by atoms with Crippen molar-refractivity contribution in [1.29, 1.82) is 0 Å². The maximum Gasteiger partial charge on any atom is 0.264 e. The van der Waals surface area contributed by atoms with Crippen molar-refractivity contribution < 1.29 is 31.9 Å². The van der Waals surface area contributed by atoms with Crippen LogP contribution in [0.3, 0.4) is 0 Å². The van der Waals surface area contributed by atoms with Crippen molar-refractivity contribution in [2.45, 2.75) is 32.3 Å². The maximum atomic E-state index is 11.5. The fraction of sp³-hybridized carbons (Fsp3) is 0.304. The molecule has 1 aliphatic heterocycles. The van der Waals surface area contributed by atoms with Gasteiger partial charge in [0, 0.05) is 5.56 Å². The zero-order chi connectivity index (χ0) is 23.6. The molecule has 1 fully saturated rings. The summed E-state index contributed by atoms with van der Waals surface area (Å²) in [6.07, 6.45) is 0.565. The lowest BCUT2D eigenvalue weighted by Gasteiger charge is -2.17. The molecule has 1 aliphatic rings. The highest BCUT2D eigenvalue weighted by molar-refractivity contribution is 7.85. The number of benzene rings is 2. The molecule has 0 amide bonds. The van der Waals surface area contributed by atoms with Gasteiger partial charge in [-0.15, -0.1) is 0 Å². The summed E-state index contributed by atoms with van der Waals surface area (Å²) in [5, 5.41) is 9.39. The molecule has 1 atom stereocenters. The van der Waals surface area contributed by atoms with E-state index in [1.807, 2.05) is 13.8 Å². The van der Waals surface area contributed by atoms with Crippen molar-refractivity contribution in [3.8, 4) is 28.6 Å². The molecule has 1 N–H and O–H groups in total. The van der Waals surface area contributed by atoms with Crippen LogP contribution in [0.2, 0.25) is 0 Å². The van der Waals surface area contributed by atoms with Crippen molar-refractivity contribution in [2.24, 2.45) is 0 Å². The first-order chi connectivity index (χ1) is 15.6. The SMILES string of the molecule is CC1(C)OC[C@H](c2cc(COS(C)(=O)=O)nc(-c3ccc(Oc4ccc(O)cc4)cc3)n2)O1. The average molecular weight is 473 g/mol. The van der Waals surface area contributed by atoms with Crippen LogP contribution in [-0.2, 0) is 30.4 Å². The number of aromatic hydroxyl groups is 1. The van der Waals surface area contributed by atoms with Gasteiger partial charge in [0.2, 0.25) is 0 Å². The molecular formula is C23H24N2O7S. The topological polar surface area (TPSA) is 117 Å². The van der Waals surface area contributed by atoms with E-state index in [1.54, 1.807) is 54.6 Å². The smallest absolute Gasteiger partial charge is 0.264 e. The van der Waals surface area contributed by atoms with Gasteiger partial charge < -0.3 is 19.3 Å². The van der Waals surface area contributed by atoms with Crippen LogP contribution < -0.4 is 4.74 Å². The van der Waals surface area contributed by atoms with E-state index in [9.17, 15) is 13.5 Å². The first kappa shape index (κ1) is 23.1. The minimum Gasteiger partial charge on any atom is -0.508 e.